The van der Waals surface area contributed by atoms with E-state index in [9.17, 15) is 4.79 Å². The number of nitriles is 1. The predicted molar refractivity (Wildman–Crippen MR) is 67.5 cm³/mol. The smallest absolute Gasteiger partial charge is 0.258 e. The van der Waals surface area contributed by atoms with Gasteiger partial charge in [0, 0.05) is 24.1 Å². The Labute approximate surface area is 109 Å². The quantitative estimate of drug-likeness (QED) is 0.895. The van der Waals surface area contributed by atoms with Crippen LogP contribution in [0, 0.1) is 11.3 Å². The molecule has 0 saturated heterocycles. The number of ether oxygens (including phenoxy) is 1. The van der Waals surface area contributed by atoms with Crippen molar-refractivity contribution in [1.82, 2.24) is 9.97 Å². The van der Waals surface area contributed by atoms with Gasteiger partial charge < -0.3 is 10.1 Å². The Morgan fingerprint density at radius 2 is 2.16 bits per heavy atom. The summed E-state index contributed by atoms with van der Waals surface area (Å²) >= 11 is 0. The Balaban J connectivity index is 2.07. The maximum atomic E-state index is 11.9. The molecule has 2 aromatic rings. The molecule has 6 heteroatoms. The van der Waals surface area contributed by atoms with Crippen LogP contribution in [0.5, 0.6) is 5.75 Å². The van der Waals surface area contributed by atoms with E-state index in [0.717, 1.165) is 0 Å². The van der Waals surface area contributed by atoms with E-state index in [1.165, 1.54) is 18.7 Å². The van der Waals surface area contributed by atoms with E-state index in [1.807, 2.05) is 6.07 Å². The van der Waals surface area contributed by atoms with Crippen molar-refractivity contribution in [3.8, 4) is 11.8 Å². The van der Waals surface area contributed by atoms with Crippen LogP contribution in [0.25, 0.3) is 0 Å². The number of rotatable bonds is 4. The first kappa shape index (κ1) is 12.5. The van der Waals surface area contributed by atoms with Crippen molar-refractivity contribution in [2.75, 3.05) is 11.9 Å². The molecule has 1 N–H and O–H groups in total. The van der Waals surface area contributed by atoms with Gasteiger partial charge in [-0.1, -0.05) is 6.07 Å². The zero-order valence-corrected chi connectivity index (χ0v) is 9.91. The highest BCUT2D eigenvalue weighted by Crippen LogP contribution is 2.17. The number of hydrogen-bond donors (Lipinski definition) is 1. The molecule has 0 fully saturated rings. The monoisotopic (exact) mass is 254 g/mol. The summed E-state index contributed by atoms with van der Waals surface area (Å²) in [6, 6.07) is 8.67. The number of benzene rings is 1. The highest BCUT2D eigenvalue weighted by molar-refractivity contribution is 6.03. The minimum Gasteiger partial charge on any atom is -0.479 e. The van der Waals surface area contributed by atoms with Gasteiger partial charge in [-0.25, -0.2) is 9.97 Å². The first-order valence-electron chi connectivity index (χ1n) is 5.46. The molecule has 19 heavy (non-hydrogen) atoms. The largest absolute Gasteiger partial charge is 0.479 e. The van der Waals surface area contributed by atoms with Crippen molar-refractivity contribution in [1.29, 1.82) is 5.26 Å². The molecule has 1 aromatic heterocycles. The van der Waals surface area contributed by atoms with Crippen LogP contribution in [-0.2, 0) is 0 Å². The van der Waals surface area contributed by atoms with E-state index in [0.29, 0.717) is 17.0 Å². The average molecular weight is 254 g/mol. The molecule has 6 nitrogen and oxygen atoms in total. The van der Waals surface area contributed by atoms with Gasteiger partial charge in [-0.2, -0.15) is 5.26 Å². The fourth-order valence-corrected chi connectivity index (χ4v) is 1.40. The molecule has 0 aliphatic rings. The summed E-state index contributed by atoms with van der Waals surface area (Å²) in [4.78, 5) is 19.4. The lowest BCUT2D eigenvalue weighted by Gasteiger charge is -2.07. The van der Waals surface area contributed by atoms with Gasteiger partial charge >= 0.3 is 0 Å². The second-order valence-electron chi connectivity index (χ2n) is 3.56. The van der Waals surface area contributed by atoms with Crippen molar-refractivity contribution in [3.63, 3.8) is 0 Å². The van der Waals surface area contributed by atoms with Gasteiger partial charge in [0.15, 0.2) is 6.61 Å². The molecule has 1 amide bonds. The van der Waals surface area contributed by atoms with Gasteiger partial charge in [0.25, 0.3) is 5.91 Å². The lowest BCUT2D eigenvalue weighted by Crippen LogP contribution is -2.12. The second kappa shape index (κ2) is 6.12. The van der Waals surface area contributed by atoms with E-state index in [1.54, 1.807) is 24.3 Å². The highest BCUT2D eigenvalue weighted by atomic mass is 16.5. The molecule has 0 atom stereocenters. The second-order valence-corrected chi connectivity index (χ2v) is 3.56. The summed E-state index contributed by atoms with van der Waals surface area (Å²) in [6.07, 6.45) is 4.21. The van der Waals surface area contributed by atoms with Crippen molar-refractivity contribution in [2.24, 2.45) is 0 Å². The van der Waals surface area contributed by atoms with Crippen LogP contribution >= 0.6 is 0 Å². The van der Waals surface area contributed by atoms with Crippen molar-refractivity contribution in [2.45, 2.75) is 0 Å². The Kier molecular flexibility index (Phi) is 4.03. The summed E-state index contributed by atoms with van der Waals surface area (Å²) in [6.45, 7) is -0.0378. The van der Waals surface area contributed by atoms with Gasteiger partial charge in [0.05, 0.1) is 5.56 Å². The Bertz CT molecular complexity index is 608. The van der Waals surface area contributed by atoms with E-state index in [4.69, 9.17) is 10.00 Å². The maximum absolute atomic E-state index is 11.9. The molecule has 0 bridgehead atoms. The molecule has 94 valence electrons. The summed E-state index contributed by atoms with van der Waals surface area (Å²) in [5.74, 6) is 0.210. The van der Waals surface area contributed by atoms with Gasteiger partial charge in [-0.05, 0) is 12.1 Å². The van der Waals surface area contributed by atoms with Crippen molar-refractivity contribution >= 4 is 11.6 Å². The average Bonchev–Trinajstić information content (AvgIpc) is 2.46. The van der Waals surface area contributed by atoms with Crippen molar-refractivity contribution in [3.05, 3.63) is 48.5 Å². The van der Waals surface area contributed by atoms with E-state index >= 15 is 0 Å². The zero-order chi connectivity index (χ0) is 13.5. The number of carbonyl (C=O) groups excluding carboxylic acids is 1. The van der Waals surface area contributed by atoms with Gasteiger partial charge in [-0.15, -0.1) is 0 Å². The number of carbonyl (C=O) groups is 1. The molecule has 1 aromatic carbocycles. The Morgan fingerprint density at radius 1 is 1.37 bits per heavy atom. The van der Waals surface area contributed by atoms with Crippen LogP contribution < -0.4 is 10.1 Å². The predicted octanol–water partition coefficient (Wildman–Crippen LogP) is 1.63. The van der Waals surface area contributed by atoms with E-state index < -0.39 is 0 Å². The van der Waals surface area contributed by atoms with Gasteiger partial charge in [0.2, 0.25) is 0 Å². The third kappa shape index (κ3) is 3.51. The number of hydrogen-bond acceptors (Lipinski definition) is 5. The SMILES string of the molecule is N#CCOc1cccc(NC(=O)c2cncnc2)c1. The fourth-order valence-electron chi connectivity index (χ4n) is 1.40. The van der Waals surface area contributed by atoms with Crippen LogP contribution in [0.3, 0.4) is 0 Å². The first-order chi connectivity index (χ1) is 9.29. The Morgan fingerprint density at radius 3 is 2.89 bits per heavy atom. The summed E-state index contributed by atoms with van der Waals surface area (Å²) in [7, 11) is 0. The number of nitrogens with zero attached hydrogens (tertiary/aromatic N) is 3. The maximum Gasteiger partial charge on any atom is 0.258 e. The molecule has 0 unspecified atom stereocenters. The van der Waals surface area contributed by atoms with Crippen LogP contribution in [0.4, 0.5) is 5.69 Å². The van der Waals surface area contributed by atoms with E-state index in [2.05, 4.69) is 15.3 Å². The summed E-state index contributed by atoms with van der Waals surface area (Å²) in [5, 5.41) is 11.1. The molecule has 2 rings (SSSR count). The molecule has 0 spiro atoms. The van der Waals surface area contributed by atoms with Crippen LogP contribution in [-0.4, -0.2) is 22.5 Å². The molecule has 0 saturated carbocycles. The Hall–Kier alpha value is -2.94. The lowest BCUT2D eigenvalue weighted by atomic mass is 10.2. The molecule has 1 heterocycles. The number of anilines is 1. The standard InChI is InChI=1S/C13H10N4O2/c14-4-5-19-12-3-1-2-11(6-12)17-13(18)10-7-15-9-16-8-10/h1-3,6-9H,5H2,(H,17,18). The molecule has 0 aliphatic carbocycles. The minimum absolute atomic E-state index is 0.0378. The molecule has 0 radical (unpaired) electrons. The molecular weight excluding hydrogens is 244 g/mol. The van der Waals surface area contributed by atoms with Crippen molar-refractivity contribution < 1.29 is 9.53 Å². The normalized spacial score (nSPS) is 9.42. The topological polar surface area (TPSA) is 87.9 Å². The van der Waals surface area contributed by atoms with Gasteiger partial charge in [0.1, 0.15) is 18.1 Å². The number of amides is 1. The van der Waals surface area contributed by atoms with Crippen LogP contribution in [0.2, 0.25) is 0 Å². The summed E-state index contributed by atoms with van der Waals surface area (Å²) in [5.41, 5.74) is 0.940. The molecular formula is C13H10N4O2. The number of aromatic nitrogens is 2. The van der Waals surface area contributed by atoms with Gasteiger partial charge in [-0.3, -0.25) is 4.79 Å². The first-order valence-corrected chi connectivity index (χ1v) is 5.46. The van der Waals surface area contributed by atoms with Crippen LogP contribution in [0.1, 0.15) is 10.4 Å². The zero-order valence-electron chi connectivity index (χ0n) is 9.91. The minimum atomic E-state index is -0.307. The number of nitrogens with one attached hydrogen (secondary N) is 1. The third-order valence-electron chi connectivity index (χ3n) is 2.22. The fraction of sp³-hybridized carbons (Fsp3) is 0.0769. The van der Waals surface area contributed by atoms with Crippen LogP contribution in [0.15, 0.2) is 43.0 Å². The summed E-state index contributed by atoms with van der Waals surface area (Å²) < 4.78 is 5.15. The lowest BCUT2D eigenvalue weighted by molar-refractivity contribution is 0.102. The molecule has 0 aliphatic heterocycles. The van der Waals surface area contributed by atoms with E-state index in [-0.39, 0.29) is 12.5 Å². The highest BCUT2D eigenvalue weighted by Gasteiger charge is 2.06. The third-order valence-corrected chi connectivity index (χ3v) is 2.22.